The van der Waals surface area contributed by atoms with Crippen LogP contribution in [-0.2, 0) is 22.5 Å². The van der Waals surface area contributed by atoms with Crippen molar-refractivity contribution in [3.05, 3.63) is 52.8 Å². The van der Waals surface area contributed by atoms with E-state index in [4.69, 9.17) is 4.74 Å². The molecule has 0 atom stereocenters. The maximum Gasteiger partial charge on any atom is 0.310 e. The van der Waals surface area contributed by atoms with Crippen LogP contribution in [0.25, 0.3) is 0 Å². The van der Waals surface area contributed by atoms with Crippen molar-refractivity contribution in [2.75, 3.05) is 7.11 Å². The average Bonchev–Trinajstić information content (AvgIpc) is 2.67. The SMILES string of the molecule is COC(=O)Cc1c(C)nn(Cc2ccccc2)c1C. The summed E-state index contributed by atoms with van der Waals surface area (Å²) in [5, 5.41) is 4.50. The lowest BCUT2D eigenvalue weighted by molar-refractivity contribution is -0.139. The van der Waals surface area contributed by atoms with Crippen molar-refractivity contribution in [1.29, 1.82) is 0 Å². The van der Waals surface area contributed by atoms with Crippen LogP contribution in [0, 0.1) is 13.8 Å². The van der Waals surface area contributed by atoms with Gasteiger partial charge in [-0.05, 0) is 19.4 Å². The summed E-state index contributed by atoms with van der Waals surface area (Å²) in [5.74, 6) is -0.231. The minimum Gasteiger partial charge on any atom is -0.469 e. The summed E-state index contributed by atoms with van der Waals surface area (Å²) in [7, 11) is 1.40. The standard InChI is InChI=1S/C15H18N2O2/c1-11-14(9-15(18)19-3)12(2)17(16-11)10-13-7-5-4-6-8-13/h4-8H,9-10H2,1-3H3. The molecule has 4 heteroatoms. The topological polar surface area (TPSA) is 44.1 Å². The van der Waals surface area contributed by atoms with Crippen LogP contribution in [0.2, 0.25) is 0 Å². The molecule has 0 fully saturated rings. The molecule has 0 N–H and O–H groups in total. The highest BCUT2D eigenvalue weighted by molar-refractivity contribution is 5.73. The lowest BCUT2D eigenvalue weighted by Crippen LogP contribution is -2.07. The van der Waals surface area contributed by atoms with E-state index in [2.05, 4.69) is 17.2 Å². The molecule has 0 spiro atoms. The van der Waals surface area contributed by atoms with Crippen LogP contribution in [0.4, 0.5) is 0 Å². The molecule has 0 bridgehead atoms. The van der Waals surface area contributed by atoms with E-state index in [0.29, 0.717) is 6.54 Å². The number of hydrogen-bond acceptors (Lipinski definition) is 3. The second-order valence-electron chi connectivity index (χ2n) is 4.55. The number of aryl methyl sites for hydroxylation is 1. The number of hydrogen-bond donors (Lipinski definition) is 0. The Labute approximate surface area is 113 Å². The van der Waals surface area contributed by atoms with Crippen molar-refractivity contribution in [3.63, 3.8) is 0 Å². The first kappa shape index (κ1) is 13.3. The summed E-state index contributed by atoms with van der Waals surface area (Å²) in [6, 6.07) is 10.1. The first-order valence-corrected chi connectivity index (χ1v) is 6.25. The lowest BCUT2D eigenvalue weighted by atomic mass is 10.1. The molecular formula is C15H18N2O2. The van der Waals surface area contributed by atoms with E-state index in [-0.39, 0.29) is 12.4 Å². The van der Waals surface area contributed by atoms with Gasteiger partial charge in [-0.3, -0.25) is 9.48 Å². The number of nitrogens with zero attached hydrogens (tertiary/aromatic N) is 2. The lowest BCUT2D eigenvalue weighted by Gasteiger charge is -2.05. The van der Waals surface area contributed by atoms with Crippen LogP contribution in [0.5, 0.6) is 0 Å². The molecule has 0 amide bonds. The van der Waals surface area contributed by atoms with Gasteiger partial charge in [-0.1, -0.05) is 30.3 Å². The second-order valence-corrected chi connectivity index (χ2v) is 4.55. The number of carbonyl (C=O) groups is 1. The summed E-state index contributed by atoms with van der Waals surface area (Å²) >= 11 is 0. The van der Waals surface area contributed by atoms with Gasteiger partial charge < -0.3 is 4.74 Å². The summed E-state index contributed by atoms with van der Waals surface area (Å²) in [6.07, 6.45) is 0.281. The zero-order chi connectivity index (χ0) is 13.8. The van der Waals surface area contributed by atoms with Gasteiger partial charge in [-0.2, -0.15) is 5.10 Å². The van der Waals surface area contributed by atoms with Crippen molar-refractivity contribution in [2.45, 2.75) is 26.8 Å². The molecule has 0 saturated carbocycles. The average molecular weight is 258 g/mol. The van der Waals surface area contributed by atoms with Gasteiger partial charge in [0.05, 0.1) is 25.8 Å². The highest BCUT2D eigenvalue weighted by Crippen LogP contribution is 2.15. The largest absolute Gasteiger partial charge is 0.469 e. The molecule has 0 unspecified atom stereocenters. The number of carbonyl (C=O) groups excluding carboxylic acids is 1. The predicted molar refractivity (Wildman–Crippen MR) is 73.0 cm³/mol. The molecule has 4 nitrogen and oxygen atoms in total. The zero-order valence-electron chi connectivity index (χ0n) is 11.5. The third-order valence-electron chi connectivity index (χ3n) is 3.26. The highest BCUT2D eigenvalue weighted by Gasteiger charge is 2.15. The summed E-state index contributed by atoms with van der Waals surface area (Å²) in [6.45, 7) is 4.63. The smallest absolute Gasteiger partial charge is 0.310 e. The molecule has 0 radical (unpaired) electrons. The molecular weight excluding hydrogens is 240 g/mol. The van der Waals surface area contributed by atoms with E-state index in [0.717, 1.165) is 17.0 Å². The molecule has 1 heterocycles. The molecule has 0 aliphatic carbocycles. The molecule has 1 aromatic heterocycles. The number of methoxy groups -OCH3 is 1. The van der Waals surface area contributed by atoms with Crippen molar-refractivity contribution in [1.82, 2.24) is 9.78 Å². The predicted octanol–water partition coefficient (Wildman–Crippen LogP) is 2.26. The van der Waals surface area contributed by atoms with Gasteiger partial charge in [0.2, 0.25) is 0 Å². The quantitative estimate of drug-likeness (QED) is 0.790. The van der Waals surface area contributed by atoms with Crippen LogP contribution in [-0.4, -0.2) is 22.9 Å². The van der Waals surface area contributed by atoms with Crippen molar-refractivity contribution in [2.24, 2.45) is 0 Å². The third-order valence-corrected chi connectivity index (χ3v) is 3.26. The maximum atomic E-state index is 11.4. The number of ether oxygens (including phenoxy) is 1. The minimum absolute atomic E-state index is 0.231. The molecule has 19 heavy (non-hydrogen) atoms. The number of esters is 1. The Morgan fingerprint density at radius 1 is 1.26 bits per heavy atom. The number of benzene rings is 1. The molecule has 0 aliphatic rings. The Morgan fingerprint density at radius 3 is 2.58 bits per heavy atom. The summed E-state index contributed by atoms with van der Waals surface area (Å²) in [4.78, 5) is 11.4. The van der Waals surface area contributed by atoms with E-state index in [1.807, 2.05) is 36.7 Å². The van der Waals surface area contributed by atoms with Crippen molar-refractivity contribution >= 4 is 5.97 Å². The highest BCUT2D eigenvalue weighted by atomic mass is 16.5. The maximum absolute atomic E-state index is 11.4. The second kappa shape index (κ2) is 5.69. The van der Waals surface area contributed by atoms with Crippen molar-refractivity contribution < 1.29 is 9.53 Å². The molecule has 0 saturated heterocycles. The normalized spacial score (nSPS) is 10.5. The van der Waals surface area contributed by atoms with Gasteiger partial charge in [0, 0.05) is 11.3 Å². The van der Waals surface area contributed by atoms with E-state index in [1.165, 1.54) is 12.7 Å². The van der Waals surface area contributed by atoms with Crippen LogP contribution in [0.15, 0.2) is 30.3 Å². The van der Waals surface area contributed by atoms with E-state index < -0.39 is 0 Å². The van der Waals surface area contributed by atoms with Gasteiger partial charge >= 0.3 is 5.97 Å². The van der Waals surface area contributed by atoms with Crippen LogP contribution >= 0.6 is 0 Å². The first-order valence-electron chi connectivity index (χ1n) is 6.25. The Morgan fingerprint density at radius 2 is 1.95 bits per heavy atom. The van der Waals surface area contributed by atoms with E-state index in [9.17, 15) is 4.79 Å². The monoisotopic (exact) mass is 258 g/mol. The van der Waals surface area contributed by atoms with E-state index in [1.54, 1.807) is 0 Å². The molecule has 100 valence electrons. The fourth-order valence-electron chi connectivity index (χ4n) is 2.12. The molecule has 1 aromatic carbocycles. The third kappa shape index (κ3) is 3.02. The van der Waals surface area contributed by atoms with Gasteiger partial charge in [0.1, 0.15) is 0 Å². The Hall–Kier alpha value is -2.10. The van der Waals surface area contributed by atoms with Gasteiger partial charge in [0.15, 0.2) is 0 Å². The van der Waals surface area contributed by atoms with Crippen molar-refractivity contribution in [3.8, 4) is 0 Å². The van der Waals surface area contributed by atoms with Crippen LogP contribution in [0.1, 0.15) is 22.5 Å². The van der Waals surface area contributed by atoms with Crippen LogP contribution in [0.3, 0.4) is 0 Å². The Kier molecular flexibility index (Phi) is 4.00. The molecule has 2 rings (SSSR count). The zero-order valence-corrected chi connectivity index (χ0v) is 11.5. The van der Waals surface area contributed by atoms with Gasteiger partial charge in [-0.15, -0.1) is 0 Å². The van der Waals surface area contributed by atoms with E-state index >= 15 is 0 Å². The number of rotatable bonds is 4. The fraction of sp³-hybridized carbons (Fsp3) is 0.333. The van der Waals surface area contributed by atoms with Gasteiger partial charge in [-0.25, -0.2) is 0 Å². The molecule has 0 aliphatic heterocycles. The van der Waals surface area contributed by atoms with Gasteiger partial charge in [0.25, 0.3) is 0 Å². The minimum atomic E-state index is -0.231. The van der Waals surface area contributed by atoms with Crippen LogP contribution < -0.4 is 0 Å². The summed E-state index contributed by atoms with van der Waals surface area (Å²) in [5.41, 5.74) is 4.06. The first-order chi connectivity index (χ1) is 9.11. The molecule has 2 aromatic rings. The Bertz CT molecular complexity index is 573. The number of aromatic nitrogens is 2. The summed E-state index contributed by atoms with van der Waals surface area (Å²) < 4.78 is 6.65. The Balaban J connectivity index is 2.24. The fourth-order valence-corrected chi connectivity index (χ4v) is 2.12.